The van der Waals surface area contributed by atoms with Gasteiger partial charge in [0, 0.05) is 37.8 Å². The standard InChI is InChI=1S/C18H20N6O4S/c25-14(5-8-22-9-6-15(26)20-17(22)27)19-7-10-23-18(28)24(12-3-4-12)16(21-23)13-2-1-11-29-13/h1-2,6,9,11-12H,3-5,7-8,10H2,(H,19,25)(H,20,26,27). The highest BCUT2D eigenvalue weighted by Crippen LogP contribution is 2.37. The predicted molar refractivity (Wildman–Crippen MR) is 107 cm³/mol. The summed E-state index contributed by atoms with van der Waals surface area (Å²) in [6.45, 7) is 0.673. The van der Waals surface area contributed by atoms with Gasteiger partial charge in [-0.3, -0.25) is 19.1 Å². The first-order valence-electron chi connectivity index (χ1n) is 9.32. The maximum absolute atomic E-state index is 12.7. The van der Waals surface area contributed by atoms with E-state index in [1.54, 1.807) is 4.57 Å². The number of nitrogens with zero attached hydrogens (tertiary/aromatic N) is 4. The number of rotatable bonds is 8. The quantitative estimate of drug-likeness (QED) is 0.542. The van der Waals surface area contributed by atoms with Gasteiger partial charge in [0.05, 0.1) is 11.4 Å². The largest absolute Gasteiger partial charge is 0.354 e. The third-order valence-corrected chi connectivity index (χ3v) is 5.51. The first-order valence-corrected chi connectivity index (χ1v) is 10.2. The van der Waals surface area contributed by atoms with E-state index in [0.717, 1.165) is 17.7 Å². The van der Waals surface area contributed by atoms with Gasteiger partial charge in [-0.1, -0.05) is 6.07 Å². The molecule has 11 heteroatoms. The Balaban J connectivity index is 1.35. The Morgan fingerprint density at radius 2 is 2.07 bits per heavy atom. The summed E-state index contributed by atoms with van der Waals surface area (Å²) in [5, 5.41) is 9.15. The molecule has 152 valence electrons. The van der Waals surface area contributed by atoms with Crippen LogP contribution in [0.15, 0.2) is 44.2 Å². The van der Waals surface area contributed by atoms with Gasteiger partial charge >= 0.3 is 11.4 Å². The summed E-state index contributed by atoms with van der Waals surface area (Å²) in [5.74, 6) is 0.424. The molecule has 0 radical (unpaired) electrons. The van der Waals surface area contributed by atoms with Crippen LogP contribution in [0.5, 0.6) is 0 Å². The van der Waals surface area contributed by atoms with Crippen LogP contribution in [0.4, 0.5) is 0 Å². The molecule has 3 aromatic rings. The highest BCUT2D eigenvalue weighted by atomic mass is 32.1. The van der Waals surface area contributed by atoms with E-state index in [1.807, 2.05) is 17.5 Å². The third kappa shape index (κ3) is 4.29. The highest BCUT2D eigenvalue weighted by molar-refractivity contribution is 7.13. The number of hydrogen-bond donors (Lipinski definition) is 2. The number of amides is 1. The van der Waals surface area contributed by atoms with Crippen molar-refractivity contribution in [2.75, 3.05) is 6.54 Å². The number of aryl methyl sites for hydroxylation is 1. The Kier molecular flexibility index (Phi) is 5.30. The minimum Gasteiger partial charge on any atom is -0.354 e. The maximum atomic E-state index is 12.7. The molecule has 1 aliphatic carbocycles. The van der Waals surface area contributed by atoms with E-state index in [0.29, 0.717) is 5.82 Å². The second kappa shape index (κ2) is 8.03. The van der Waals surface area contributed by atoms with Gasteiger partial charge in [-0.05, 0) is 24.3 Å². The Bertz CT molecular complexity index is 1180. The average Bonchev–Trinajstić information content (AvgIpc) is 3.26. The number of thiophene rings is 1. The molecule has 0 unspecified atom stereocenters. The van der Waals surface area contributed by atoms with E-state index in [9.17, 15) is 19.2 Å². The molecule has 1 fully saturated rings. The van der Waals surface area contributed by atoms with Gasteiger partial charge in [-0.25, -0.2) is 14.3 Å². The second-order valence-electron chi connectivity index (χ2n) is 6.81. The van der Waals surface area contributed by atoms with Crippen molar-refractivity contribution >= 4 is 17.2 Å². The molecule has 3 aromatic heterocycles. The molecular weight excluding hydrogens is 396 g/mol. The van der Waals surface area contributed by atoms with Crippen molar-refractivity contribution in [2.24, 2.45) is 0 Å². The van der Waals surface area contributed by atoms with Gasteiger partial charge in [-0.2, -0.15) is 0 Å². The molecule has 0 atom stereocenters. The van der Waals surface area contributed by atoms with Crippen LogP contribution in [0.1, 0.15) is 25.3 Å². The number of aromatic nitrogens is 5. The van der Waals surface area contributed by atoms with Crippen molar-refractivity contribution in [3.8, 4) is 10.7 Å². The smallest absolute Gasteiger partial charge is 0.346 e. The van der Waals surface area contributed by atoms with Crippen molar-refractivity contribution in [1.82, 2.24) is 29.2 Å². The fourth-order valence-electron chi connectivity index (χ4n) is 3.03. The molecule has 29 heavy (non-hydrogen) atoms. The monoisotopic (exact) mass is 416 g/mol. The minimum absolute atomic E-state index is 0.0812. The van der Waals surface area contributed by atoms with Gasteiger partial charge in [-0.15, -0.1) is 16.4 Å². The van der Waals surface area contributed by atoms with Crippen LogP contribution in [-0.2, 0) is 17.9 Å². The van der Waals surface area contributed by atoms with Gasteiger partial charge in [0.25, 0.3) is 5.56 Å². The molecule has 0 saturated heterocycles. The van der Waals surface area contributed by atoms with Crippen LogP contribution >= 0.6 is 11.3 Å². The molecule has 4 rings (SSSR count). The predicted octanol–water partition coefficient (Wildman–Crippen LogP) is 0.165. The molecule has 0 aromatic carbocycles. The molecule has 0 bridgehead atoms. The zero-order chi connectivity index (χ0) is 20.4. The third-order valence-electron chi connectivity index (χ3n) is 4.65. The fourth-order valence-corrected chi connectivity index (χ4v) is 3.74. The maximum Gasteiger partial charge on any atom is 0.346 e. The van der Waals surface area contributed by atoms with Crippen molar-refractivity contribution in [2.45, 2.75) is 38.4 Å². The Labute approximate surface area is 168 Å². The molecule has 0 spiro atoms. The molecule has 1 aliphatic rings. The first kappa shape index (κ1) is 19.1. The summed E-state index contributed by atoms with van der Waals surface area (Å²) in [6, 6.07) is 5.30. The average molecular weight is 416 g/mol. The second-order valence-corrected chi connectivity index (χ2v) is 7.76. The van der Waals surface area contributed by atoms with E-state index in [1.165, 1.54) is 32.8 Å². The summed E-state index contributed by atoms with van der Waals surface area (Å²) >= 11 is 1.54. The SMILES string of the molecule is O=C(CCn1ccc(=O)[nH]c1=O)NCCn1nc(-c2cccs2)n(C2CC2)c1=O. The summed E-state index contributed by atoms with van der Waals surface area (Å²) in [6.07, 6.45) is 3.39. The van der Waals surface area contributed by atoms with E-state index < -0.39 is 11.2 Å². The lowest BCUT2D eigenvalue weighted by Crippen LogP contribution is -2.34. The lowest BCUT2D eigenvalue weighted by Gasteiger charge is -2.06. The molecule has 1 saturated carbocycles. The summed E-state index contributed by atoms with van der Waals surface area (Å²) in [4.78, 5) is 50.5. The van der Waals surface area contributed by atoms with Crippen LogP contribution < -0.4 is 22.3 Å². The highest BCUT2D eigenvalue weighted by Gasteiger charge is 2.30. The van der Waals surface area contributed by atoms with E-state index in [4.69, 9.17) is 0 Å². The van der Waals surface area contributed by atoms with Crippen molar-refractivity contribution < 1.29 is 4.79 Å². The van der Waals surface area contributed by atoms with Gasteiger partial charge in [0.1, 0.15) is 0 Å². The van der Waals surface area contributed by atoms with Crippen molar-refractivity contribution in [1.29, 1.82) is 0 Å². The van der Waals surface area contributed by atoms with Gasteiger partial charge in [0.2, 0.25) is 5.91 Å². The van der Waals surface area contributed by atoms with Crippen LogP contribution in [0.3, 0.4) is 0 Å². The number of carbonyl (C=O) groups excluding carboxylic acids is 1. The van der Waals surface area contributed by atoms with Crippen molar-refractivity contribution in [3.05, 3.63) is 61.1 Å². The Morgan fingerprint density at radius 3 is 2.76 bits per heavy atom. The number of nitrogens with one attached hydrogen (secondary N) is 2. The van der Waals surface area contributed by atoms with Crippen LogP contribution in [0, 0.1) is 0 Å². The van der Waals surface area contributed by atoms with E-state index in [-0.39, 0.29) is 43.7 Å². The molecule has 2 N–H and O–H groups in total. The fraction of sp³-hybridized carbons (Fsp3) is 0.389. The zero-order valence-corrected chi connectivity index (χ0v) is 16.4. The Hall–Kier alpha value is -3.21. The summed E-state index contributed by atoms with van der Waals surface area (Å²) < 4.78 is 4.40. The summed E-state index contributed by atoms with van der Waals surface area (Å²) in [7, 11) is 0. The number of aromatic amines is 1. The number of H-pyrrole nitrogens is 1. The minimum atomic E-state index is -0.552. The lowest BCUT2D eigenvalue weighted by atomic mass is 10.4. The lowest BCUT2D eigenvalue weighted by molar-refractivity contribution is -0.121. The van der Waals surface area contributed by atoms with Crippen LogP contribution in [-0.4, -0.2) is 36.4 Å². The Morgan fingerprint density at radius 1 is 1.24 bits per heavy atom. The van der Waals surface area contributed by atoms with E-state index >= 15 is 0 Å². The van der Waals surface area contributed by atoms with Crippen molar-refractivity contribution in [3.63, 3.8) is 0 Å². The molecule has 3 heterocycles. The van der Waals surface area contributed by atoms with Gasteiger partial charge < -0.3 is 9.88 Å². The number of hydrogen-bond acceptors (Lipinski definition) is 6. The van der Waals surface area contributed by atoms with E-state index in [2.05, 4.69) is 15.4 Å². The number of carbonyl (C=O) groups is 1. The normalized spacial score (nSPS) is 13.5. The van der Waals surface area contributed by atoms with Gasteiger partial charge in [0.15, 0.2) is 5.82 Å². The molecular formula is C18H20N6O4S. The van der Waals surface area contributed by atoms with Crippen LogP contribution in [0.2, 0.25) is 0 Å². The molecule has 1 amide bonds. The van der Waals surface area contributed by atoms with Crippen LogP contribution in [0.25, 0.3) is 10.7 Å². The topological polar surface area (TPSA) is 124 Å². The summed E-state index contributed by atoms with van der Waals surface area (Å²) in [5.41, 5.74) is -1.19. The zero-order valence-electron chi connectivity index (χ0n) is 15.5. The molecule has 10 nitrogen and oxygen atoms in total. The first-order chi connectivity index (χ1) is 14.0. The molecule has 0 aliphatic heterocycles.